The van der Waals surface area contributed by atoms with Crippen LogP contribution in [0.5, 0.6) is 11.5 Å². The number of carbonyl (C=O) groups excluding carboxylic acids is 1. The summed E-state index contributed by atoms with van der Waals surface area (Å²) < 4.78 is 35.9. The number of hydrogen-bond donors (Lipinski definition) is 0. The summed E-state index contributed by atoms with van der Waals surface area (Å²) in [6.07, 6.45) is -0.0383. The summed E-state index contributed by atoms with van der Waals surface area (Å²) in [6.45, 7) is -1.21. The maximum absolute atomic E-state index is 12.6. The number of ether oxygens (including phenoxy) is 2. The smallest absolute Gasteiger partial charge is 0.387 e. The molecule has 0 bridgehead atoms. The third kappa shape index (κ3) is 2.89. The zero-order chi connectivity index (χ0) is 17.4. The van der Waals surface area contributed by atoms with Crippen molar-refractivity contribution in [2.75, 3.05) is 0 Å². The second-order valence-corrected chi connectivity index (χ2v) is 5.61. The third-order valence-corrected chi connectivity index (χ3v) is 4.10. The molecule has 0 spiro atoms. The van der Waals surface area contributed by atoms with Crippen LogP contribution < -0.4 is 15.0 Å². The number of esters is 1. The van der Waals surface area contributed by atoms with Crippen LogP contribution in [0, 0.1) is 6.92 Å². The van der Waals surface area contributed by atoms with Crippen LogP contribution in [0.25, 0.3) is 0 Å². The van der Waals surface area contributed by atoms with E-state index in [1.165, 1.54) is 16.7 Å². The Hall–Kier alpha value is -2.70. The summed E-state index contributed by atoms with van der Waals surface area (Å²) in [5.41, 5.74) is 1.27. The van der Waals surface area contributed by atoms with E-state index in [0.29, 0.717) is 16.8 Å². The fourth-order valence-electron chi connectivity index (χ4n) is 2.84. The van der Waals surface area contributed by atoms with Crippen LogP contribution in [0.4, 0.5) is 8.78 Å². The van der Waals surface area contributed by atoms with Crippen molar-refractivity contribution in [2.45, 2.75) is 25.9 Å². The van der Waals surface area contributed by atoms with Crippen molar-refractivity contribution in [3.63, 3.8) is 0 Å². The number of benzene rings is 1. The van der Waals surface area contributed by atoms with Crippen molar-refractivity contribution in [1.29, 1.82) is 0 Å². The zero-order valence-electron chi connectivity index (χ0n) is 13.1. The summed E-state index contributed by atoms with van der Waals surface area (Å²) in [7, 11) is 1.63. The fourth-order valence-corrected chi connectivity index (χ4v) is 2.84. The van der Waals surface area contributed by atoms with Gasteiger partial charge in [-0.1, -0.05) is 12.1 Å². The van der Waals surface area contributed by atoms with Gasteiger partial charge in [-0.15, -0.1) is 0 Å². The minimum Gasteiger partial charge on any atom is -0.435 e. The average molecular weight is 335 g/mol. The average Bonchev–Trinajstić information content (AvgIpc) is 2.51. The van der Waals surface area contributed by atoms with E-state index in [2.05, 4.69) is 4.74 Å². The number of nitrogens with zero attached hydrogens (tertiary/aromatic N) is 1. The number of fused-ring (bicyclic) bond motifs is 1. The van der Waals surface area contributed by atoms with Gasteiger partial charge in [-0.25, -0.2) is 0 Å². The van der Waals surface area contributed by atoms with Gasteiger partial charge in [0.25, 0.3) is 5.56 Å². The topological polar surface area (TPSA) is 57.5 Å². The van der Waals surface area contributed by atoms with Gasteiger partial charge >= 0.3 is 12.6 Å². The molecular weight excluding hydrogens is 320 g/mol. The quantitative estimate of drug-likeness (QED) is 0.810. The number of hydrogen-bond acceptors (Lipinski definition) is 4. The summed E-state index contributed by atoms with van der Waals surface area (Å²) in [6, 6.07) is 7.65. The molecule has 0 saturated heterocycles. The highest BCUT2D eigenvalue weighted by molar-refractivity contribution is 5.77. The monoisotopic (exact) mass is 335 g/mol. The van der Waals surface area contributed by atoms with Gasteiger partial charge in [-0.3, -0.25) is 9.59 Å². The first-order valence-corrected chi connectivity index (χ1v) is 7.33. The lowest BCUT2D eigenvalue weighted by atomic mass is 9.87. The molecule has 3 rings (SSSR count). The molecule has 1 atom stereocenters. The molecule has 2 aromatic rings. The van der Waals surface area contributed by atoms with E-state index in [1.54, 1.807) is 32.2 Å². The molecule has 1 aromatic carbocycles. The van der Waals surface area contributed by atoms with Crippen LogP contribution in [-0.2, 0) is 11.8 Å². The van der Waals surface area contributed by atoms with Gasteiger partial charge in [0.1, 0.15) is 11.5 Å². The molecule has 0 aliphatic carbocycles. The Morgan fingerprint density at radius 1 is 1.29 bits per heavy atom. The van der Waals surface area contributed by atoms with E-state index in [0.717, 1.165) is 0 Å². The minimum atomic E-state index is -2.95. The number of alkyl halides is 2. The number of aromatic nitrogens is 1. The molecule has 24 heavy (non-hydrogen) atoms. The Labute approximate surface area is 136 Å². The maximum atomic E-state index is 12.6. The molecule has 1 aliphatic heterocycles. The van der Waals surface area contributed by atoms with Crippen molar-refractivity contribution >= 4 is 5.97 Å². The highest BCUT2D eigenvalue weighted by Gasteiger charge is 2.32. The maximum Gasteiger partial charge on any atom is 0.387 e. The second kappa shape index (κ2) is 6.07. The zero-order valence-corrected chi connectivity index (χ0v) is 13.1. The Bertz CT molecular complexity index is 860. The molecule has 7 heteroatoms. The SMILES string of the molecule is Cc1cc2c(c(=O)n1C)[C@H](c1cccc(OC(F)F)c1)CC(=O)O2. The lowest BCUT2D eigenvalue weighted by Gasteiger charge is -2.25. The standard InChI is InChI=1S/C17H15F2NO4/c1-9-6-13-15(16(22)20(9)2)12(8-14(21)24-13)10-4-3-5-11(7-10)23-17(18)19/h3-7,12,17H,8H2,1-2H3/t12-/m0/s1. The van der Waals surface area contributed by atoms with Crippen LogP contribution in [0.1, 0.15) is 29.2 Å². The van der Waals surface area contributed by atoms with Crippen LogP contribution >= 0.6 is 0 Å². The summed E-state index contributed by atoms with van der Waals surface area (Å²) in [5.74, 6) is -0.842. The van der Waals surface area contributed by atoms with Crippen molar-refractivity contribution in [1.82, 2.24) is 4.57 Å². The van der Waals surface area contributed by atoms with Gasteiger partial charge in [-0.05, 0) is 24.6 Å². The van der Waals surface area contributed by atoms with Gasteiger partial charge in [-0.2, -0.15) is 8.78 Å². The highest BCUT2D eigenvalue weighted by atomic mass is 19.3. The molecule has 1 aliphatic rings. The van der Waals surface area contributed by atoms with Gasteiger partial charge in [0.05, 0.1) is 12.0 Å². The third-order valence-electron chi connectivity index (χ3n) is 4.10. The first-order valence-electron chi connectivity index (χ1n) is 7.33. The second-order valence-electron chi connectivity index (χ2n) is 5.61. The van der Waals surface area contributed by atoms with Crippen LogP contribution in [0.3, 0.4) is 0 Å². The Morgan fingerprint density at radius 2 is 2.04 bits per heavy atom. The summed E-state index contributed by atoms with van der Waals surface area (Å²) in [4.78, 5) is 24.5. The van der Waals surface area contributed by atoms with Gasteiger partial charge < -0.3 is 14.0 Å². The predicted octanol–water partition coefficient (Wildman–Crippen LogP) is 2.74. The van der Waals surface area contributed by atoms with Crippen LogP contribution in [0.15, 0.2) is 35.1 Å². The molecule has 0 radical (unpaired) electrons. The van der Waals surface area contributed by atoms with E-state index in [4.69, 9.17) is 4.74 Å². The molecule has 0 fully saturated rings. The van der Waals surface area contributed by atoms with Crippen molar-refractivity contribution in [3.8, 4) is 11.5 Å². The van der Waals surface area contributed by atoms with Gasteiger partial charge in [0, 0.05) is 24.7 Å². The van der Waals surface area contributed by atoms with E-state index in [1.807, 2.05) is 0 Å². The van der Waals surface area contributed by atoms with E-state index < -0.39 is 18.5 Å². The molecule has 0 amide bonds. The molecule has 126 valence electrons. The Kier molecular flexibility index (Phi) is 4.09. The predicted molar refractivity (Wildman–Crippen MR) is 81.6 cm³/mol. The van der Waals surface area contributed by atoms with Crippen molar-refractivity contribution in [3.05, 3.63) is 57.5 Å². The lowest BCUT2D eigenvalue weighted by molar-refractivity contribution is -0.135. The first kappa shape index (κ1) is 16.2. The lowest BCUT2D eigenvalue weighted by Crippen LogP contribution is -2.31. The molecule has 0 saturated carbocycles. The normalized spacial score (nSPS) is 16.7. The number of halogens is 2. The van der Waals surface area contributed by atoms with Crippen molar-refractivity contribution < 1.29 is 23.0 Å². The molecule has 2 heterocycles. The largest absolute Gasteiger partial charge is 0.435 e. The van der Waals surface area contributed by atoms with E-state index in [-0.39, 0.29) is 23.5 Å². The Balaban J connectivity index is 2.12. The highest BCUT2D eigenvalue weighted by Crippen LogP contribution is 2.37. The molecular formula is C17H15F2NO4. The molecule has 0 unspecified atom stereocenters. The van der Waals surface area contributed by atoms with Gasteiger partial charge in [0.2, 0.25) is 0 Å². The first-order chi connectivity index (χ1) is 11.4. The number of aryl methyl sites for hydroxylation is 1. The number of pyridine rings is 1. The van der Waals surface area contributed by atoms with Crippen LogP contribution in [-0.4, -0.2) is 17.1 Å². The van der Waals surface area contributed by atoms with Crippen molar-refractivity contribution in [2.24, 2.45) is 7.05 Å². The summed E-state index contributed by atoms with van der Waals surface area (Å²) >= 11 is 0. The number of rotatable bonds is 3. The van der Waals surface area contributed by atoms with Gasteiger partial charge in [0.15, 0.2) is 0 Å². The molecule has 0 N–H and O–H groups in total. The Morgan fingerprint density at radius 3 is 2.75 bits per heavy atom. The molecule has 1 aromatic heterocycles. The minimum absolute atomic E-state index is 0.0214. The van der Waals surface area contributed by atoms with E-state index in [9.17, 15) is 18.4 Å². The van der Waals surface area contributed by atoms with Crippen LogP contribution in [0.2, 0.25) is 0 Å². The summed E-state index contributed by atoms with van der Waals surface area (Å²) in [5, 5.41) is 0. The fraction of sp³-hybridized carbons (Fsp3) is 0.294. The number of carbonyl (C=O) groups is 1. The van der Waals surface area contributed by atoms with E-state index >= 15 is 0 Å². The molecule has 5 nitrogen and oxygen atoms in total.